The zero-order valence-electron chi connectivity index (χ0n) is 30.0. The van der Waals surface area contributed by atoms with Crippen molar-refractivity contribution in [2.75, 3.05) is 40.3 Å². The smallest absolute Gasteiger partial charge is 0.276 e. The molecule has 2 N–H and O–H groups in total. The van der Waals surface area contributed by atoms with Crippen molar-refractivity contribution >= 4 is 23.5 Å². The number of hydrogen-bond donors (Lipinski definition) is 2. The summed E-state index contributed by atoms with van der Waals surface area (Å²) in [5, 5.41) is 13.3. The molecule has 3 amide bonds. The zero-order valence-corrected chi connectivity index (χ0v) is 30.0. The van der Waals surface area contributed by atoms with E-state index in [4.69, 9.17) is 9.37 Å². The van der Waals surface area contributed by atoms with Crippen molar-refractivity contribution in [1.82, 2.24) is 35.7 Å². The van der Waals surface area contributed by atoms with Gasteiger partial charge in [0.25, 0.3) is 11.8 Å². The fraction of sp³-hybridized carbons (Fsp3) is 0.541. The summed E-state index contributed by atoms with van der Waals surface area (Å²) < 4.78 is 26.0. The summed E-state index contributed by atoms with van der Waals surface area (Å²) in [6.07, 6.45) is 5.02. The number of methoxy groups -OCH3 is 1. The van der Waals surface area contributed by atoms with E-state index in [1.807, 2.05) is 14.0 Å². The molecule has 1 saturated carbocycles. The number of pyridine rings is 1. The van der Waals surface area contributed by atoms with Crippen LogP contribution >= 0.6 is 0 Å². The van der Waals surface area contributed by atoms with Crippen LogP contribution in [0.2, 0.25) is 0 Å². The van der Waals surface area contributed by atoms with Crippen molar-refractivity contribution in [3.05, 3.63) is 70.6 Å². The van der Waals surface area contributed by atoms with E-state index in [2.05, 4.69) is 37.8 Å². The summed E-state index contributed by atoms with van der Waals surface area (Å²) in [4.78, 5) is 62.5. The van der Waals surface area contributed by atoms with E-state index in [0.29, 0.717) is 49.8 Å². The minimum Gasteiger partial charge on any atom is -0.494 e. The number of ketones is 1. The van der Waals surface area contributed by atoms with Crippen LogP contribution in [-0.2, 0) is 22.4 Å². The molecule has 0 unspecified atom stereocenters. The molecule has 2 aromatic heterocycles. The summed E-state index contributed by atoms with van der Waals surface area (Å²) in [5.74, 6) is -2.31. The molecule has 0 bridgehead atoms. The summed E-state index contributed by atoms with van der Waals surface area (Å²) >= 11 is 0. The van der Waals surface area contributed by atoms with E-state index in [0.717, 1.165) is 25.7 Å². The lowest BCUT2D eigenvalue weighted by atomic mass is 9.77. The molecule has 1 saturated heterocycles. The predicted octanol–water partition coefficient (Wildman–Crippen LogP) is 3.59. The van der Waals surface area contributed by atoms with E-state index in [9.17, 15) is 19.2 Å². The first-order valence-electron chi connectivity index (χ1n) is 17.7. The Hall–Kier alpha value is -4.72. The highest BCUT2D eigenvalue weighted by molar-refractivity contribution is 5.99. The van der Waals surface area contributed by atoms with Crippen LogP contribution in [0.3, 0.4) is 0 Å². The maximum atomic E-state index is 15.9. The van der Waals surface area contributed by atoms with Gasteiger partial charge in [0, 0.05) is 44.7 Å². The number of rotatable bonds is 13. The van der Waals surface area contributed by atoms with Crippen LogP contribution in [0.5, 0.6) is 5.75 Å². The molecule has 1 aliphatic carbocycles. The third kappa shape index (κ3) is 8.96. The van der Waals surface area contributed by atoms with Crippen LogP contribution in [0.4, 0.5) is 4.39 Å². The maximum Gasteiger partial charge on any atom is 0.276 e. The van der Waals surface area contributed by atoms with Crippen LogP contribution in [0.15, 0.2) is 41.2 Å². The number of carbonyl (C=O) groups excluding carboxylic acids is 4. The molecule has 51 heavy (non-hydrogen) atoms. The molecule has 274 valence electrons. The third-order valence-corrected chi connectivity index (χ3v) is 10.3. The van der Waals surface area contributed by atoms with E-state index in [-0.39, 0.29) is 46.7 Å². The normalized spacial score (nSPS) is 19.8. The number of nitrogens with one attached hydrogen (secondary N) is 2. The Morgan fingerprint density at radius 3 is 2.37 bits per heavy atom. The average molecular weight is 706 g/mol. The van der Waals surface area contributed by atoms with Gasteiger partial charge in [-0.25, -0.2) is 14.0 Å². The van der Waals surface area contributed by atoms with Gasteiger partial charge in [-0.2, -0.15) is 0 Å². The van der Waals surface area contributed by atoms with Gasteiger partial charge in [0.05, 0.1) is 13.2 Å². The molecule has 3 heterocycles. The molecular formula is C37H48FN7O6. The van der Waals surface area contributed by atoms with E-state index < -0.39 is 35.6 Å². The second-order valence-electron chi connectivity index (χ2n) is 13.8. The number of ether oxygens (including phenoxy) is 1. The van der Waals surface area contributed by atoms with Crippen LogP contribution in [0.25, 0.3) is 0 Å². The average Bonchev–Trinajstić information content (AvgIpc) is 3.63. The molecule has 3 aromatic rings. The zero-order chi connectivity index (χ0) is 36.7. The summed E-state index contributed by atoms with van der Waals surface area (Å²) in [7, 11) is 3.41. The Kier molecular flexibility index (Phi) is 12.5. The van der Waals surface area contributed by atoms with Gasteiger partial charge in [-0.3, -0.25) is 19.2 Å². The summed E-state index contributed by atoms with van der Waals surface area (Å²) in [6.45, 7) is 8.09. The number of benzene rings is 1. The van der Waals surface area contributed by atoms with Crippen molar-refractivity contribution in [1.29, 1.82) is 0 Å². The van der Waals surface area contributed by atoms with Crippen molar-refractivity contribution in [3.63, 3.8) is 0 Å². The fourth-order valence-corrected chi connectivity index (χ4v) is 6.94. The number of aryl methyl sites for hydroxylation is 1. The van der Waals surface area contributed by atoms with Crippen LogP contribution in [0, 0.1) is 17.7 Å². The van der Waals surface area contributed by atoms with Crippen LogP contribution < -0.4 is 15.4 Å². The van der Waals surface area contributed by atoms with Gasteiger partial charge in [0.15, 0.2) is 17.2 Å². The fourth-order valence-electron chi connectivity index (χ4n) is 6.94. The van der Waals surface area contributed by atoms with Crippen LogP contribution in [0.1, 0.15) is 90.2 Å². The number of piperazine rings is 1. The maximum absolute atomic E-state index is 15.9. The molecule has 1 aromatic carbocycles. The van der Waals surface area contributed by atoms with Crippen molar-refractivity contribution in [2.24, 2.45) is 11.8 Å². The molecule has 3 atom stereocenters. The number of Topliss-reactive ketones (excluding diaryl/α,β-unsaturated/α-hetero) is 1. The first-order valence-corrected chi connectivity index (χ1v) is 17.7. The lowest BCUT2D eigenvalue weighted by Crippen LogP contribution is -2.55. The minimum atomic E-state index is -1.04. The van der Waals surface area contributed by atoms with Crippen molar-refractivity contribution < 1.29 is 32.9 Å². The standard InChI is InChI=1S/C37H48FN7O6/c1-6-28-33(43-51-42-28)35(47)41-32(24-11-9-22(2)10-12-24)29(46)21-26-14-13-25(20-27(26)38)23(3)31(37(49)45-18-16-44(4)17-19-45)40-36(48)34-30(50-5)8-7-15-39-34/h7-8,13-15,20,22-24,31-32H,6,9-12,16-19,21H2,1-5H3,(H,40,48)(H,41,47)/t22?,23-,24?,31+,32-/m0/s1. The molecular weight excluding hydrogens is 657 g/mol. The van der Waals surface area contributed by atoms with Gasteiger partial charge in [-0.15, -0.1) is 0 Å². The SMILES string of the molecule is CCc1nonc1C(=O)N[C@H](C(=O)Cc1ccc([C@H](C)[C@@H](NC(=O)c2ncccc2OC)C(=O)N2CCN(C)CC2)cc1F)C1CCC(C)CC1. The minimum absolute atomic E-state index is 0.0308. The van der Waals surface area contributed by atoms with Gasteiger partial charge < -0.3 is 25.2 Å². The monoisotopic (exact) mass is 705 g/mol. The molecule has 14 heteroatoms. The number of aromatic nitrogens is 3. The molecule has 13 nitrogen and oxygen atoms in total. The lowest BCUT2D eigenvalue weighted by Gasteiger charge is -2.36. The van der Waals surface area contributed by atoms with Crippen LogP contribution in [-0.4, -0.2) is 101 Å². The molecule has 0 radical (unpaired) electrons. The number of amides is 3. The second kappa shape index (κ2) is 17.0. The van der Waals surface area contributed by atoms with Gasteiger partial charge in [-0.05, 0) is 72.6 Å². The number of carbonyl (C=O) groups is 4. The first-order chi connectivity index (χ1) is 24.5. The topological polar surface area (TPSA) is 160 Å². The molecule has 2 aliphatic rings. The number of likely N-dealkylation sites (N-methyl/N-ethyl adjacent to an activating group) is 1. The second-order valence-corrected chi connectivity index (χ2v) is 13.8. The lowest BCUT2D eigenvalue weighted by molar-refractivity contribution is -0.135. The summed E-state index contributed by atoms with van der Waals surface area (Å²) in [6, 6.07) is 5.91. The highest BCUT2D eigenvalue weighted by atomic mass is 19.1. The van der Waals surface area contributed by atoms with E-state index in [1.54, 1.807) is 36.1 Å². The Morgan fingerprint density at radius 1 is 1.00 bits per heavy atom. The van der Waals surface area contributed by atoms with E-state index >= 15 is 4.39 Å². The van der Waals surface area contributed by atoms with Gasteiger partial charge >= 0.3 is 0 Å². The Labute approximate surface area is 297 Å². The van der Waals surface area contributed by atoms with Gasteiger partial charge in [-0.1, -0.05) is 50.9 Å². The van der Waals surface area contributed by atoms with Gasteiger partial charge in [0.2, 0.25) is 5.91 Å². The largest absolute Gasteiger partial charge is 0.494 e. The number of nitrogens with zero attached hydrogens (tertiary/aromatic N) is 5. The quantitative estimate of drug-likeness (QED) is 0.269. The third-order valence-electron chi connectivity index (χ3n) is 10.3. The highest BCUT2D eigenvalue weighted by Gasteiger charge is 2.36. The predicted molar refractivity (Wildman–Crippen MR) is 186 cm³/mol. The van der Waals surface area contributed by atoms with Crippen molar-refractivity contribution in [3.8, 4) is 5.75 Å². The number of halogens is 1. The summed E-state index contributed by atoms with van der Waals surface area (Å²) in [5.41, 5.74) is 1.11. The Bertz CT molecular complexity index is 1700. The molecule has 0 spiro atoms. The Morgan fingerprint density at radius 2 is 1.71 bits per heavy atom. The number of hydrogen-bond acceptors (Lipinski definition) is 10. The van der Waals surface area contributed by atoms with Gasteiger partial charge in [0.1, 0.15) is 23.3 Å². The first kappa shape index (κ1) is 37.5. The van der Waals surface area contributed by atoms with Crippen molar-refractivity contribution in [2.45, 2.75) is 77.3 Å². The Balaban J connectivity index is 1.36. The highest BCUT2D eigenvalue weighted by Crippen LogP contribution is 2.32. The molecule has 1 aliphatic heterocycles. The van der Waals surface area contributed by atoms with E-state index in [1.165, 1.54) is 19.4 Å². The molecule has 2 fully saturated rings. The molecule has 5 rings (SSSR count).